The average molecular weight is 513 g/mol. The van der Waals surface area contributed by atoms with Gasteiger partial charge >= 0.3 is 12.1 Å². The summed E-state index contributed by atoms with van der Waals surface area (Å²) in [5, 5.41) is 13.1. The van der Waals surface area contributed by atoms with Gasteiger partial charge in [-0.05, 0) is 67.1 Å². The zero-order valence-electron chi connectivity index (χ0n) is 22.2. The predicted octanol–water partition coefficient (Wildman–Crippen LogP) is 4.76. The smallest absolute Gasteiger partial charge is 0.409 e. The van der Waals surface area contributed by atoms with Gasteiger partial charge in [0.2, 0.25) is 0 Å². The first-order chi connectivity index (χ1) is 17.7. The molecule has 0 bridgehead atoms. The molecular weight excluding hydrogens is 476 g/mol. The van der Waals surface area contributed by atoms with Crippen LogP contribution in [0.5, 0.6) is 11.5 Å². The lowest BCUT2D eigenvalue weighted by Crippen LogP contribution is -2.71. The molecule has 0 atom stereocenters. The van der Waals surface area contributed by atoms with Crippen LogP contribution < -0.4 is 14.8 Å². The van der Waals surface area contributed by atoms with E-state index in [2.05, 4.69) is 5.32 Å². The van der Waals surface area contributed by atoms with E-state index in [0.29, 0.717) is 12.3 Å². The van der Waals surface area contributed by atoms with E-state index < -0.39 is 17.6 Å². The lowest BCUT2D eigenvalue weighted by molar-refractivity contribution is -0.147. The van der Waals surface area contributed by atoms with Crippen LogP contribution in [0.4, 0.5) is 10.5 Å². The van der Waals surface area contributed by atoms with E-state index in [1.165, 1.54) is 24.9 Å². The summed E-state index contributed by atoms with van der Waals surface area (Å²) in [6.07, 6.45) is 4.11. The maximum atomic E-state index is 12.2. The minimum Gasteiger partial charge on any atom is -0.496 e. The van der Waals surface area contributed by atoms with Crippen LogP contribution in [0.1, 0.15) is 42.4 Å². The van der Waals surface area contributed by atoms with Crippen molar-refractivity contribution in [2.75, 3.05) is 39.7 Å². The van der Waals surface area contributed by atoms with Crippen LogP contribution in [0.2, 0.25) is 0 Å². The molecule has 1 aliphatic carbocycles. The molecule has 4 rings (SSSR count). The first-order valence-electron chi connectivity index (χ1n) is 12.5. The molecule has 1 saturated heterocycles. The number of hydrogen-bond acceptors (Lipinski definition) is 7. The Labute approximate surface area is 217 Å². The number of nitrogens with one attached hydrogen (secondary N) is 1. The quantitative estimate of drug-likeness (QED) is 0.495. The Bertz CT molecular complexity index is 1170. The Kier molecular flexibility index (Phi) is 7.82. The summed E-state index contributed by atoms with van der Waals surface area (Å²) < 4.78 is 22.4. The van der Waals surface area contributed by atoms with Crippen molar-refractivity contribution < 1.29 is 33.6 Å². The molecule has 0 unspecified atom stereocenters. The number of aliphatic carboxylic acids is 1. The highest BCUT2D eigenvalue weighted by atomic mass is 16.5. The second-order valence-electron chi connectivity index (χ2n) is 9.84. The third kappa shape index (κ3) is 5.18. The molecule has 2 fully saturated rings. The predicted molar refractivity (Wildman–Crippen MR) is 139 cm³/mol. The van der Waals surface area contributed by atoms with E-state index in [1.54, 1.807) is 14.2 Å². The zero-order valence-corrected chi connectivity index (χ0v) is 22.2. The van der Waals surface area contributed by atoms with Crippen molar-refractivity contribution in [1.29, 1.82) is 0 Å². The molecular formula is C28H36N2O7. The van der Waals surface area contributed by atoms with Crippen molar-refractivity contribution in [2.45, 2.75) is 57.8 Å². The van der Waals surface area contributed by atoms with E-state index in [4.69, 9.17) is 18.9 Å². The van der Waals surface area contributed by atoms with Crippen molar-refractivity contribution in [3.63, 3.8) is 0 Å². The standard InChI is InChI=1S/C28H36N2O7/c1-17-23(13-24(34-3)18(2)25(17)35-4)22-11-10-20(12-19(22)14-37-21-8-6-7-9-21)29-28(26(31)32)15-30(16-28)27(33)36-5/h10-13,21,29H,6-9,14-16H2,1-5H3,(H,31,32). The molecule has 200 valence electrons. The molecule has 0 spiro atoms. The number of carbonyl (C=O) groups is 2. The Morgan fingerprint density at radius 1 is 1.03 bits per heavy atom. The van der Waals surface area contributed by atoms with Gasteiger partial charge in [0.1, 0.15) is 11.5 Å². The minimum atomic E-state index is -1.29. The fraction of sp³-hybridized carbons (Fsp3) is 0.500. The number of carboxylic acids is 1. The highest BCUT2D eigenvalue weighted by Crippen LogP contribution is 2.41. The van der Waals surface area contributed by atoms with Gasteiger partial charge in [-0.2, -0.15) is 0 Å². The summed E-state index contributed by atoms with van der Waals surface area (Å²) in [6.45, 7) is 4.39. The van der Waals surface area contributed by atoms with E-state index in [1.807, 2.05) is 38.1 Å². The SMILES string of the molecule is COC(=O)N1CC(Nc2ccc(-c3cc(OC)c(C)c(OC)c3C)c(COC3CCCC3)c2)(C(=O)O)C1. The highest BCUT2D eigenvalue weighted by Gasteiger charge is 2.52. The van der Waals surface area contributed by atoms with Gasteiger partial charge in [0.15, 0.2) is 5.54 Å². The number of carboxylic acid groups (broad SMARTS) is 1. The third-order valence-corrected chi connectivity index (χ3v) is 7.47. The zero-order chi connectivity index (χ0) is 26.7. The first-order valence-corrected chi connectivity index (χ1v) is 12.5. The van der Waals surface area contributed by atoms with Gasteiger partial charge in [-0.25, -0.2) is 9.59 Å². The monoisotopic (exact) mass is 512 g/mol. The number of carbonyl (C=O) groups excluding carboxylic acids is 1. The molecule has 2 aromatic carbocycles. The largest absolute Gasteiger partial charge is 0.496 e. The van der Waals surface area contributed by atoms with Crippen LogP contribution in [0.15, 0.2) is 24.3 Å². The molecule has 9 heteroatoms. The normalized spacial score (nSPS) is 16.7. The van der Waals surface area contributed by atoms with E-state index in [9.17, 15) is 14.7 Å². The minimum absolute atomic E-state index is 0.0101. The van der Waals surface area contributed by atoms with Gasteiger partial charge in [0, 0.05) is 11.3 Å². The Morgan fingerprint density at radius 2 is 1.73 bits per heavy atom. The maximum absolute atomic E-state index is 12.2. The molecule has 2 aromatic rings. The summed E-state index contributed by atoms with van der Waals surface area (Å²) in [4.78, 5) is 25.3. The maximum Gasteiger partial charge on any atom is 0.409 e. The fourth-order valence-electron chi connectivity index (χ4n) is 5.38. The third-order valence-electron chi connectivity index (χ3n) is 7.47. The molecule has 1 heterocycles. The van der Waals surface area contributed by atoms with Gasteiger partial charge in [-0.15, -0.1) is 0 Å². The van der Waals surface area contributed by atoms with Crippen molar-refractivity contribution >= 4 is 17.7 Å². The summed E-state index contributed by atoms with van der Waals surface area (Å²) in [6, 6.07) is 7.78. The molecule has 1 amide bonds. The van der Waals surface area contributed by atoms with Gasteiger partial charge in [0.25, 0.3) is 0 Å². The number of rotatable bonds is 9. The number of hydrogen-bond donors (Lipinski definition) is 2. The van der Waals surface area contributed by atoms with Crippen molar-refractivity contribution in [3.05, 3.63) is 41.0 Å². The number of amides is 1. The molecule has 1 aliphatic heterocycles. The Morgan fingerprint density at radius 3 is 2.32 bits per heavy atom. The van der Waals surface area contributed by atoms with Crippen molar-refractivity contribution in [2.24, 2.45) is 0 Å². The molecule has 37 heavy (non-hydrogen) atoms. The Hall–Kier alpha value is -3.46. The van der Waals surface area contributed by atoms with Crippen LogP contribution in [0.25, 0.3) is 11.1 Å². The number of ether oxygens (including phenoxy) is 4. The van der Waals surface area contributed by atoms with Crippen LogP contribution in [-0.2, 0) is 20.9 Å². The molecule has 2 N–H and O–H groups in total. The van der Waals surface area contributed by atoms with Crippen molar-refractivity contribution in [1.82, 2.24) is 4.90 Å². The fourth-order valence-corrected chi connectivity index (χ4v) is 5.38. The van der Waals surface area contributed by atoms with Crippen LogP contribution in [0.3, 0.4) is 0 Å². The molecule has 2 aliphatic rings. The molecule has 9 nitrogen and oxygen atoms in total. The number of nitrogens with zero attached hydrogens (tertiary/aromatic N) is 1. The lowest BCUT2D eigenvalue weighted by atomic mass is 9.89. The van der Waals surface area contributed by atoms with Crippen molar-refractivity contribution in [3.8, 4) is 22.6 Å². The van der Waals surface area contributed by atoms with Crippen LogP contribution >= 0.6 is 0 Å². The Balaban J connectivity index is 1.71. The highest BCUT2D eigenvalue weighted by molar-refractivity contribution is 5.88. The number of benzene rings is 2. The van der Waals surface area contributed by atoms with Gasteiger partial charge in [0.05, 0.1) is 47.1 Å². The number of anilines is 1. The molecule has 0 radical (unpaired) electrons. The number of likely N-dealkylation sites (tertiary alicyclic amines) is 1. The lowest BCUT2D eigenvalue weighted by Gasteiger charge is -2.46. The number of methoxy groups -OCH3 is 3. The topological polar surface area (TPSA) is 107 Å². The van der Waals surface area contributed by atoms with Crippen LogP contribution in [0, 0.1) is 13.8 Å². The van der Waals surface area contributed by atoms with Gasteiger partial charge in [-0.1, -0.05) is 18.9 Å². The van der Waals surface area contributed by atoms with E-state index in [0.717, 1.165) is 52.2 Å². The molecule has 1 saturated carbocycles. The summed E-state index contributed by atoms with van der Waals surface area (Å²) in [5.41, 5.74) is 4.12. The van der Waals surface area contributed by atoms with Gasteiger partial charge in [-0.3, -0.25) is 0 Å². The average Bonchev–Trinajstić information content (AvgIpc) is 3.38. The summed E-state index contributed by atoms with van der Waals surface area (Å²) in [7, 11) is 4.57. The molecule has 0 aromatic heterocycles. The van der Waals surface area contributed by atoms with Gasteiger partial charge < -0.3 is 34.3 Å². The summed E-state index contributed by atoms with van der Waals surface area (Å²) >= 11 is 0. The van der Waals surface area contributed by atoms with Crippen LogP contribution in [-0.4, -0.2) is 68.1 Å². The van der Waals surface area contributed by atoms with E-state index in [-0.39, 0.29) is 19.2 Å². The van der Waals surface area contributed by atoms with E-state index >= 15 is 0 Å². The summed E-state index contributed by atoms with van der Waals surface area (Å²) in [5.74, 6) is 0.468. The second kappa shape index (κ2) is 10.9. The first kappa shape index (κ1) is 26.6. The second-order valence-corrected chi connectivity index (χ2v) is 9.84.